The van der Waals surface area contributed by atoms with Crippen molar-refractivity contribution in [1.82, 2.24) is 14.5 Å². The molecule has 5 rings (SSSR count). The van der Waals surface area contributed by atoms with Gasteiger partial charge in [0.05, 0.1) is 24.8 Å². The van der Waals surface area contributed by atoms with Gasteiger partial charge in [-0.2, -0.15) is 0 Å². The first-order valence-electron chi connectivity index (χ1n) is 12.7. The molecule has 37 heavy (non-hydrogen) atoms. The lowest BCUT2D eigenvalue weighted by atomic mass is 9.97. The number of hydrogen-bond acceptors (Lipinski definition) is 6. The number of hydrogen-bond donors (Lipinski definition) is 1. The van der Waals surface area contributed by atoms with Gasteiger partial charge in [0.1, 0.15) is 11.3 Å². The van der Waals surface area contributed by atoms with Gasteiger partial charge in [-0.05, 0) is 56.5 Å². The number of ether oxygens (including phenoxy) is 1. The lowest BCUT2D eigenvalue weighted by molar-refractivity contribution is -0.120. The van der Waals surface area contributed by atoms with Crippen molar-refractivity contribution in [2.45, 2.75) is 33.2 Å². The minimum atomic E-state index is -0.278. The van der Waals surface area contributed by atoms with E-state index in [0.29, 0.717) is 54.7 Å². The van der Waals surface area contributed by atoms with E-state index in [-0.39, 0.29) is 17.4 Å². The Bertz CT molecular complexity index is 1460. The molecule has 190 valence electrons. The van der Waals surface area contributed by atoms with E-state index >= 15 is 0 Å². The van der Waals surface area contributed by atoms with Gasteiger partial charge >= 0.3 is 0 Å². The molecule has 0 aliphatic carbocycles. The van der Waals surface area contributed by atoms with E-state index in [1.54, 1.807) is 10.8 Å². The number of fused-ring (bicyclic) bond motifs is 1. The molecule has 2 aromatic heterocycles. The van der Waals surface area contributed by atoms with Crippen LogP contribution in [0.5, 0.6) is 5.75 Å². The third kappa shape index (κ3) is 5.33. The van der Waals surface area contributed by atoms with Crippen molar-refractivity contribution >= 4 is 28.6 Å². The number of pyridine rings is 1. The minimum absolute atomic E-state index is 0.0840. The Hall–Kier alpha value is -4.20. The summed E-state index contributed by atoms with van der Waals surface area (Å²) in [6.07, 6.45) is 3.21. The largest absolute Gasteiger partial charge is 0.492 e. The quantitative estimate of drug-likeness (QED) is 0.407. The molecule has 0 saturated carbocycles. The lowest BCUT2D eigenvalue weighted by Crippen LogP contribution is -2.44. The van der Waals surface area contributed by atoms with Crippen LogP contribution in [0.1, 0.15) is 30.9 Å². The second-order valence-corrected chi connectivity index (χ2v) is 9.36. The Morgan fingerprint density at radius 3 is 2.73 bits per heavy atom. The molecule has 1 atom stereocenters. The molecule has 1 N–H and O–H groups in total. The van der Waals surface area contributed by atoms with Crippen molar-refractivity contribution in [3.63, 3.8) is 0 Å². The fourth-order valence-electron chi connectivity index (χ4n) is 4.76. The maximum Gasteiger partial charge on any atom is 0.295 e. The summed E-state index contributed by atoms with van der Waals surface area (Å²) in [7, 11) is 0. The number of anilines is 2. The zero-order valence-electron chi connectivity index (χ0n) is 21.2. The molecule has 2 aromatic carbocycles. The molecule has 1 aliphatic rings. The Kier molecular flexibility index (Phi) is 7.16. The first kappa shape index (κ1) is 24.5. The lowest BCUT2D eigenvalue weighted by Gasteiger charge is -2.32. The highest BCUT2D eigenvalue weighted by molar-refractivity contribution is 5.94. The number of rotatable bonds is 7. The highest BCUT2D eigenvalue weighted by Crippen LogP contribution is 2.27. The van der Waals surface area contributed by atoms with Crippen LogP contribution in [0.2, 0.25) is 0 Å². The predicted molar refractivity (Wildman–Crippen MR) is 145 cm³/mol. The summed E-state index contributed by atoms with van der Waals surface area (Å²) in [6.45, 7) is 5.94. The van der Waals surface area contributed by atoms with E-state index in [9.17, 15) is 9.59 Å². The summed E-state index contributed by atoms with van der Waals surface area (Å²) < 4.78 is 7.34. The number of nitrogens with one attached hydrogen (secondary N) is 1. The molecule has 4 aromatic rings. The molecule has 8 heteroatoms. The number of aromatic nitrogens is 3. The fourth-order valence-corrected chi connectivity index (χ4v) is 4.76. The fraction of sp³-hybridized carbons (Fsp3) is 0.310. The van der Waals surface area contributed by atoms with Crippen molar-refractivity contribution in [2.24, 2.45) is 5.92 Å². The van der Waals surface area contributed by atoms with Gasteiger partial charge in [0, 0.05) is 19.3 Å². The SMILES string of the molecule is CCOc1ccccc1NC(=O)[C@@H]1CCCN(c2nc3cccnc3n(Cc3ccc(C)cc3)c2=O)C1. The monoisotopic (exact) mass is 497 g/mol. The maximum atomic E-state index is 13.7. The number of nitrogens with zero attached hydrogens (tertiary/aromatic N) is 4. The molecule has 0 bridgehead atoms. The normalized spacial score (nSPS) is 15.5. The zero-order valence-corrected chi connectivity index (χ0v) is 21.2. The standard InChI is InChI=1S/C29H31N5O3/c1-3-37-25-11-5-4-9-23(25)32-28(35)22-8-7-17-33(19-22)27-29(36)34(18-21-14-12-20(2)13-15-21)26-24(31-27)10-6-16-30-26/h4-6,9-16,22H,3,7-8,17-19H2,1-2H3,(H,32,35)/t22-/m1/s1. The van der Waals surface area contributed by atoms with Gasteiger partial charge < -0.3 is 15.0 Å². The van der Waals surface area contributed by atoms with Gasteiger partial charge in [0.15, 0.2) is 11.5 Å². The summed E-state index contributed by atoms with van der Waals surface area (Å²) >= 11 is 0. The van der Waals surface area contributed by atoms with Crippen LogP contribution in [0.15, 0.2) is 71.7 Å². The van der Waals surface area contributed by atoms with E-state index in [1.165, 1.54) is 0 Å². The van der Waals surface area contributed by atoms with Crippen LogP contribution in [0.25, 0.3) is 11.2 Å². The minimum Gasteiger partial charge on any atom is -0.492 e. The maximum absolute atomic E-state index is 13.7. The van der Waals surface area contributed by atoms with Crippen molar-refractivity contribution < 1.29 is 9.53 Å². The Balaban J connectivity index is 1.43. The van der Waals surface area contributed by atoms with Crippen molar-refractivity contribution in [2.75, 3.05) is 29.9 Å². The Labute approximate surface area is 215 Å². The van der Waals surface area contributed by atoms with Crippen molar-refractivity contribution in [3.8, 4) is 5.75 Å². The van der Waals surface area contributed by atoms with E-state index in [2.05, 4.69) is 10.3 Å². The van der Waals surface area contributed by atoms with Gasteiger partial charge in [0.25, 0.3) is 5.56 Å². The zero-order chi connectivity index (χ0) is 25.8. The number of carbonyl (C=O) groups is 1. The molecule has 8 nitrogen and oxygen atoms in total. The first-order valence-corrected chi connectivity index (χ1v) is 12.7. The van der Waals surface area contributed by atoms with E-state index in [0.717, 1.165) is 24.0 Å². The second kappa shape index (κ2) is 10.8. The summed E-state index contributed by atoms with van der Waals surface area (Å²) in [5.74, 6) is 0.646. The van der Waals surface area contributed by atoms with Gasteiger partial charge in [-0.3, -0.25) is 14.2 Å². The third-order valence-electron chi connectivity index (χ3n) is 6.68. The molecule has 1 fully saturated rings. The van der Waals surface area contributed by atoms with Crippen molar-refractivity contribution in [1.29, 1.82) is 0 Å². The van der Waals surface area contributed by atoms with Crippen LogP contribution in [-0.2, 0) is 11.3 Å². The highest BCUT2D eigenvalue weighted by atomic mass is 16.5. The van der Waals surface area contributed by atoms with Crippen LogP contribution in [0, 0.1) is 12.8 Å². The average Bonchev–Trinajstić information content (AvgIpc) is 2.92. The number of aryl methyl sites for hydroxylation is 1. The number of para-hydroxylation sites is 2. The highest BCUT2D eigenvalue weighted by Gasteiger charge is 2.29. The Morgan fingerprint density at radius 1 is 1.11 bits per heavy atom. The van der Waals surface area contributed by atoms with Crippen LogP contribution in [0.4, 0.5) is 11.5 Å². The summed E-state index contributed by atoms with van der Waals surface area (Å²) in [5, 5.41) is 3.03. The smallest absolute Gasteiger partial charge is 0.295 e. The van der Waals surface area contributed by atoms with E-state index in [4.69, 9.17) is 9.72 Å². The molecular formula is C29H31N5O3. The summed E-state index contributed by atoms with van der Waals surface area (Å²) in [6, 6.07) is 19.2. The molecule has 1 amide bonds. The van der Waals surface area contributed by atoms with Crippen molar-refractivity contribution in [3.05, 3.63) is 88.3 Å². The van der Waals surface area contributed by atoms with Gasteiger partial charge in [-0.25, -0.2) is 9.97 Å². The topological polar surface area (TPSA) is 89.3 Å². The second-order valence-electron chi connectivity index (χ2n) is 9.36. The van der Waals surface area contributed by atoms with Crippen LogP contribution in [-0.4, -0.2) is 40.1 Å². The summed E-state index contributed by atoms with van der Waals surface area (Å²) in [5.41, 5.74) is 3.84. The molecule has 3 heterocycles. The number of carbonyl (C=O) groups excluding carboxylic acids is 1. The van der Waals surface area contributed by atoms with Crippen LogP contribution >= 0.6 is 0 Å². The molecule has 1 aliphatic heterocycles. The van der Waals surface area contributed by atoms with Gasteiger partial charge in [-0.15, -0.1) is 0 Å². The van der Waals surface area contributed by atoms with Crippen LogP contribution < -0.4 is 20.5 Å². The van der Waals surface area contributed by atoms with Gasteiger partial charge in [-0.1, -0.05) is 42.0 Å². The van der Waals surface area contributed by atoms with Crippen LogP contribution in [0.3, 0.4) is 0 Å². The van der Waals surface area contributed by atoms with E-state index < -0.39 is 0 Å². The Morgan fingerprint density at radius 2 is 1.92 bits per heavy atom. The van der Waals surface area contributed by atoms with Gasteiger partial charge in [0.2, 0.25) is 5.91 Å². The molecule has 0 unspecified atom stereocenters. The first-order chi connectivity index (χ1) is 18.0. The third-order valence-corrected chi connectivity index (χ3v) is 6.68. The number of piperidine rings is 1. The van der Waals surface area contributed by atoms with E-state index in [1.807, 2.05) is 79.4 Å². The predicted octanol–water partition coefficient (Wildman–Crippen LogP) is 4.40. The number of amides is 1. The molecule has 0 spiro atoms. The average molecular weight is 498 g/mol. The molecular weight excluding hydrogens is 466 g/mol. The molecule has 1 saturated heterocycles. The number of benzene rings is 2. The molecule has 0 radical (unpaired) electrons. The summed E-state index contributed by atoms with van der Waals surface area (Å²) in [4.78, 5) is 38.1.